The Bertz CT molecular complexity index is 707. The van der Waals surface area contributed by atoms with Crippen molar-refractivity contribution >= 4 is 17.3 Å². The maximum atomic E-state index is 4.27. The van der Waals surface area contributed by atoms with Gasteiger partial charge in [0, 0.05) is 11.4 Å². The number of rotatable bonds is 3. The van der Waals surface area contributed by atoms with Gasteiger partial charge in [-0.25, -0.2) is 0 Å². The Balaban J connectivity index is 1.72. The van der Waals surface area contributed by atoms with Crippen LogP contribution in [-0.4, -0.2) is 26.8 Å². The third-order valence-corrected chi connectivity index (χ3v) is 4.81. The standard InChI is InChI=1S/C15H15N5S/c1-2-6-12(7-3-1)20-15(16-17-18-20)19-10-4-8-13(19)14-9-5-11-21-14/h1-3,5-7,9,11,13H,4,8,10H2/t13-/m0/s1. The summed E-state index contributed by atoms with van der Waals surface area (Å²) in [6.45, 7) is 0.996. The Morgan fingerprint density at radius 2 is 2.00 bits per heavy atom. The second-order valence-electron chi connectivity index (χ2n) is 5.09. The second kappa shape index (κ2) is 5.29. The Morgan fingerprint density at radius 3 is 2.81 bits per heavy atom. The number of tetrazole rings is 1. The largest absolute Gasteiger partial charge is 0.332 e. The third kappa shape index (κ3) is 2.21. The smallest absolute Gasteiger partial charge is 0.250 e. The van der Waals surface area contributed by atoms with Crippen LogP contribution in [0.1, 0.15) is 23.8 Å². The molecule has 3 heterocycles. The highest BCUT2D eigenvalue weighted by Crippen LogP contribution is 2.37. The monoisotopic (exact) mass is 297 g/mol. The first-order chi connectivity index (χ1) is 10.4. The van der Waals surface area contributed by atoms with E-state index in [1.165, 1.54) is 11.3 Å². The molecule has 0 bridgehead atoms. The summed E-state index contributed by atoms with van der Waals surface area (Å²) < 4.78 is 1.83. The Kier molecular flexibility index (Phi) is 3.16. The van der Waals surface area contributed by atoms with Crippen LogP contribution in [0.3, 0.4) is 0 Å². The van der Waals surface area contributed by atoms with Crippen molar-refractivity contribution in [2.45, 2.75) is 18.9 Å². The Labute approximate surface area is 126 Å². The van der Waals surface area contributed by atoms with Crippen LogP contribution in [0.5, 0.6) is 0 Å². The van der Waals surface area contributed by atoms with Gasteiger partial charge in [-0.3, -0.25) is 0 Å². The third-order valence-electron chi connectivity index (χ3n) is 3.84. The van der Waals surface area contributed by atoms with Gasteiger partial charge in [-0.05, 0) is 46.8 Å². The van der Waals surface area contributed by atoms with Crippen molar-refractivity contribution in [2.24, 2.45) is 0 Å². The van der Waals surface area contributed by atoms with Crippen LogP contribution in [-0.2, 0) is 0 Å². The fourth-order valence-electron chi connectivity index (χ4n) is 2.88. The molecule has 6 heteroatoms. The minimum absolute atomic E-state index is 0.387. The average Bonchev–Trinajstić information content (AvgIpc) is 3.27. The van der Waals surface area contributed by atoms with E-state index in [1.54, 1.807) is 11.3 Å². The average molecular weight is 297 g/mol. The van der Waals surface area contributed by atoms with Crippen LogP contribution in [0, 0.1) is 0 Å². The van der Waals surface area contributed by atoms with Crippen LogP contribution in [0.2, 0.25) is 0 Å². The highest BCUT2D eigenvalue weighted by molar-refractivity contribution is 7.10. The molecule has 1 aliphatic heterocycles. The summed E-state index contributed by atoms with van der Waals surface area (Å²) in [7, 11) is 0. The number of para-hydroxylation sites is 1. The molecule has 0 unspecified atom stereocenters. The van der Waals surface area contributed by atoms with Crippen molar-refractivity contribution in [3.05, 3.63) is 52.7 Å². The van der Waals surface area contributed by atoms with Gasteiger partial charge in [-0.15, -0.1) is 11.3 Å². The van der Waals surface area contributed by atoms with Crippen LogP contribution in [0.15, 0.2) is 47.8 Å². The minimum atomic E-state index is 0.387. The number of hydrogen-bond acceptors (Lipinski definition) is 5. The fraction of sp³-hybridized carbons (Fsp3) is 0.267. The Morgan fingerprint density at radius 1 is 1.10 bits per heavy atom. The van der Waals surface area contributed by atoms with Gasteiger partial charge >= 0.3 is 0 Å². The van der Waals surface area contributed by atoms with Gasteiger partial charge in [0.1, 0.15) is 0 Å². The van der Waals surface area contributed by atoms with Crippen molar-refractivity contribution in [1.29, 1.82) is 0 Å². The molecule has 0 N–H and O–H groups in total. The minimum Gasteiger partial charge on any atom is -0.332 e. The van der Waals surface area contributed by atoms with E-state index < -0.39 is 0 Å². The molecule has 0 saturated carbocycles. The molecular weight excluding hydrogens is 282 g/mol. The predicted molar refractivity (Wildman–Crippen MR) is 82.8 cm³/mol. The van der Waals surface area contributed by atoms with Crippen molar-refractivity contribution < 1.29 is 0 Å². The van der Waals surface area contributed by atoms with E-state index in [-0.39, 0.29) is 0 Å². The van der Waals surface area contributed by atoms with Gasteiger partial charge in [0.25, 0.3) is 5.95 Å². The van der Waals surface area contributed by atoms with Crippen molar-refractivity contribution in [1.82, 2.24) is 20.2 Å². The molecule has 0 spiro atoms. The van der Waals surface area contributed by atoms with E-state index in [0.717, 1.165) is 24.6 Å². The molecule has 3 aromatic rings. The molecule has 1 fully saturated rings. The molecule has 4 rings (SSSR count). The molecule has 1 aromatic carbocycles. The zero-order chi connectivity index (χ0) is 14.1. The number of nitrogens with zero attached hydrogens (tertiary/aromatic N) is 5. The lowest BCUT2D eigenvalue weighted by molar-refractivity contribution is 0.698. The number of hydrogen-bond donors (Lipinski definition) is 0. The maximum absolute atomic E-state index is 4.27. The first-order valence-corrected chi connectivity index (χ1v) is 7.95. The zero-order valence-electron chi connectivity index (χ0n) is 11.5. The molecular formula is C15H15N5S. The summed E-state index contributed by atoms with van der Waals surface area (Å²) in [5, 5.41) is 14.4. The predicted octanol–water partition coefficient (Wildman–Crippen LogP) is 3.07. The summed E-state index contributed by atoms with van der Waals surface area (Å²) in [5.41, 5.74) is 0.995. The van der Waals surface area contributed by atoms with Gasteiger partial charge in [-0.2, -0.15) is 4.68 Å². The van der Waals surface area contributed by atoms with Gasteiger partial charge in [0.15, 0.2) is 0 Å². The van der Waals surface area contributed by atoms with Crippen molar-refractivity contribution in [3.63, 3.8) is 0 Å². The van der Waals surface area contributed by atoms with Crippen molar-refractivity contribution in [2.75, 3.05) is 11.4 Å². The molecule has 0 radical (unpaired) electrons. The molecule has 0 aliphatic carbocycles. The van der Waals surface area contributed by atoms with Crippen LogP contribution >= 0.6 is 11.3 Å². The lowest BCUT2D eigenvalue weighted by Crippen LogP contribution is -2.25. The summed E-state index contributed by atoms with van der Waals surface area (Å²) in [5.74, 6) is 0.831. The molecule has 21 heavy (non-hydrogen) atoms. The van der Waals surface area contributed by atoms with Gasteiger partial charge < -0.3 is 4.90 Å². The summed E-state index contributed by atoms with van der Waals surface area (Å²) >= 11 is 1.80. The zero-order valence-corrected chi connectivity index (χ0v) is 12.3. The molecule has 5 nitrogen and oxygen atoms in total. The van der Waals surface area contributed by atoms with Crippen molar-refractivity contribution in [3.8, 4) is 5.69 Å². The number of anilines is 1. The maximum Gasteiger partial charge on any atom is 0.250 e. The van der Waals surface area contributed by atoms with Crippen LogP contribution in [0.4, 0.5) is 5.95 Å². The molecule has 2 aromatic heterocycles. The summed E-state index contributed by atoms with van der Waals surface area (Å²) in [4.78, 5) is 3.70. The second-order valence-corrected chi connectivity index (χ2v) is 6.07. The van der Waals surface area contributed by atoms with Gasteiger partial charge in [0.2, 0.25) is 0 Å². The quantitative estimate of drug-likeness (QED) is 0.745. The van der Waals surface area contributed by atoms with E-state index in [1.807, 2.05) is 35.0 Å². The van der Waals surface area contributed by atoms with E-state index in [4.69, 9.17) is 0 Å². The summed E-state index contributed by atoms with van der Waals surface area (Å²) in [6.07, 6.45) is 2.33. The molecule has 1 atom stereocenters. The van der Waals surface area contributed by atoms with E-state index in [2.05, 4.69) is 37.9 Å². The van der Waals surface area contributed by atoms with Crippen LogP contribution < -0.4 is 4.90 Å². The summed E-state index contributed by atoms with van der Waals surface area (Å²) in [6, 6.07) is 14.7. The Hall–Kier alpha value is -2.21. The highest BCUT2D eigenvalue weighted by atomic mass is 32.1. The van der Waals surface area contributed by atoms with Crippen LogP contribution in [0.25, 0.3) is 5.69 Å². The van der Waals surface area contributed by atoms with E-state index in [9.17, 15) is 0 Å². The van der Waals surface area contributed by atoms with Gasteiger partial charge in [-0.1, -0.05) is 29.4 Å². The SMILES string of the molecule is c1ccc(-n2nnnc2N2CCC[C@H]2c2cccs2)cc1. The lowest BCUT2D eigenvalue weighted by atomic mass is 10.2. The molecule has 1 aliphatic rings. The van der Waals surface area contributed by atoms with Gasteiger partial charge in [0.05, 0.1) is 11.7 Å². The normalized spacial score (nSPS) is 18.3. The highest BCUT2D eigenvalue weighted by Gasteiger charge is 2.30. The first-order valence-electron chi connectivity index (χ1n) is 7.07. The molecule has 1 saturated heterocycles. The number of thiophene rings is 1. The fourth-order valence-corrected chi connectivity index (χ4v) is 3.75. The number of benzene rings is 1. The first kappa shape index (κ1) is 12.5. The topological polar surface area (TPSA) is 46.8 Å². The van der Waals surface area contributed by atoms with E-state index >= 15 is 0 Å². The molecule has 0 amide bonds. The molecule has 106 valence electrons. The number of aromatic nitrogens is 4. The van der Waals surface area contributed by atoms with E-state index in [0.29, 0.717) is 6.04 Å². The lowest BCUT2D eigenvalue weighted by Gasteiger charge is -2.24.